The van der Waals surface area contributed by atoms with Crippen molar-refractivity contribution in [1.82, 2.24) is 15.0 Å². The first-order valence-corrected chi connectivity index (χ1v) is 8.33. The Balaban J connectivity index is 1.82. The maximum atomic E-state index is 12.6. The summed E-state index contributed by atoms with van der Waals surface area (Å²) in [6.45, 7) is 2.36. The van der Waals surface area contributed by atoms with Crippen LogP contribution in [0.15, 0.2) is 42.5 Å². The molecule has 1 heterocycles. The molecular formula is C18H18N4O4. The van der Waals surface area contributed by atoms with E-state index in [2.05, 4.69) is 10.3 Å². The summed E-state index contributed by atoms with van der Waals surface area (Å²) in [5.41, 5.74) is 1.44. The van der Waals surface area contributed by atoms with Crippen molar-refractivity contribution < 1.29 is 14.5 Å². The Hall–Kier alpha value is -3.29. The fourth-order valence-corrected chi connectivity index (χ4v) is 2.54. The fraction of sp³-hybridized carbons (Fsp3) is 0.278. The SMILES string of the molecule is CCCCOc1ccc(C(=O)Cn2nnc3ccccc32)cc1[N+](=O)[O-]. The molecule has 0 radical (unpaired) electrons. The van der Waals surface area contributed by atoms with E-state index < -0.39 is 4.92 Å². The number of ether oxygens (including phenoxy) is 1. The number of benzene rings is 2. The first kappa shape index (κ1) is 17.5. The molecule has 0 aliphatic rings. The molecule has 0 spiro atoms. The Morgan fingerprint density at radius 2 is 2.08 bits per heavy atom. The van der Waals surface area contributed by atoms with Crippen molar-refractivity contribution in [2.24, 2.45) is 0 Å². The number of ketones is 1. The Kier molecular flexibility index (Phi) is 5.21. The molecule has 0 N–H and O–H groups in total. The van der Waals surface area contributed by atoms with E-state index in [4.69, 9.17) is 4.74 Å². The second-order valence-electron chi connectivity index (χ2n) is 5.80. The molecule has 8 nitrogen and oxygen atoms in total. The number of carbonyl (C=O) groups excluding carboxylic acids is 1. The van der Waals surface area contributed by atoms with Crippen LogP contribution in [0.1, 0.15) is 30.1 Å². The summed E-state index contributed by atoms with van der Waals surface area (Å²) in [4.78, 5) is 23.3. The lowest BCUT2D eigenvalue weighted by Crippen LogP contribution is -2.12. The highest BCUT2D eigenvalue weighted by atomic mass is 16.6. The number of nitro benzene ring substituents is 1. The van der Waals surface area contributed by atoms with Crippen molar-refractivity contribution in [2.45, 2.75) is 26.3 Å². The molecule has 134 valence electrons. The summed E-state index contributed by atoms with van der Waals surface area (Å²) in [5, 5.41) is 19.3. The molecule has 0 saturated carbocycles. The van der Waals surface area contributed by atoms with Gasteiger partial charge in [0.15, 0.2) is 11.5 Å². The third-order valence-electron chi connectivity index (χ3n) is 3.95. The predicted octanol–water partition coefficient (Wildman–Crippen LogP) is 3.40. The highest BCUT2D eigenvalue weighted by Gasteiger charge is 2.19. The van der Waals surface area contributed by atoms with Gasteiger partial charge in [-0.3, -0.25) is 14.9 Å². The Bertz CT molecular complexity index is 951. The minimum atomic E-state index is -0.539. The summed E-state index contributed by atoms with van der Waals surface area (Å²) in [6, 6.07) is 11.6. The molecule has 0 saturated heterocycles. The highest BCUT2D eigenvalue weighted by molar-refractivity contribution is 5.97. The van der Waals surface area contributed by atoms with Crippen LogP contribution in [-0.2, 0) is 6.54 Å². The zero-order valence-corrected chi connectivity index (χ0v) is 14.3. The predicted molar refractivity (Wildman–Crippen MR) is 95.4 cm³/mol. The van der Waals surface area contributed by atoms with Gasteiger partial charge in [0.05, 0.1) is 17.0 Å². The van der Waals surface area contributed by atoms with Crippen LogP contribution in [0.25, 0.3) is 11.0 Å². The van der Waals surface area contributed by atoms with Crippen LogP contribution in [0.4, 0.5) is 5.69 Å². The number of rotatable bonds is 8. The molecule has 0 unspecified atom stereocenters. The third kappa shape index (κ3) is 3.69. The summed E-state index contributed by atoms with van der Waals surface area (Å²) in [5.74, 6) is -0.116. The minimum absolute atomic E-state index is 0.0479. The van der Waals surface area contributed by atoms with Gasteiger partial charge < -0.3 is 4.74 Å². The monoisotopic (exact) mass is 354 g/mol. The molecule has 0 amide bonds. The molecule has 26 heavy (non-hydrogen) atoms. The van der Waals surface area contributed by atoms with Gasteiger partial charge in [-0.1, -0.05) is 30.7 Å². The molecule has 8 heteroatoms. The van der Waals surface area contributed by atoms with Gasteiger partial charge in [-0.05, 0) is 30.7 Å². The molecule has 0 aliphatic heterocycles. The van der Waals surface area contributed by atoms with Crippen molar-refractivity contribution in [3.8, 4) is 5.75 Å². The van der Waals surface area contributed by atoms with Gasteiger partial charge in [0.25, 0.3) is 0 Å². The normalized spacial score (nSPS) is 10.8. The number of carbonyl (C=O) groups is 1. The molecule has 0 atom stereocenters. The Morgan fingerprint density at radius 1 is 1.27 bits per heavy atom. The zero-order valence-electron chi connectivity index (χ0n) is 14.3. The van der Waals surface area contributed by atoms with Crippen molar-refractivity contribution in [1.29, 1.82) is 0 Å². The molecule has 2 aromatic carbocycles. The first-order valence-electron chi connectivity index (χ1n) is 8.33. The van der Waals surface area contributed by atoms with Crippen LogP contribution in [-0.4, -0.2) is 32.3 Å². The van der Waals surface area contributed by atoms with Gasteiger partial charge >= 0.3 is 5.69 Å². The summed E-state index contributed by atoms with van der Waals surface area (Å²) < 4.78 is 6.94. The van der Waals surface area contributed by atoms with Gasteiger partial charge in [0.2, 0.25) is 0 Å². The van der Waals surface area contributed by atoms with Crippen molar-refractivity contribution in [3.63, 3.8) is 0 Å². The number of aromatic nitrogens is 3. The quantitative estimate of drug-likeness (QED) is 0.266. The summed E-state index contributed by atoms with van der Waals surface area (Å²) >= 11 is 0. The van der Waals surface area contributed by atoms with E-state index >= 15 is 0 Å². The van der Waals surface area contributed by atoms with E-state index in [1.807, 2.05) is 25.1 Å². The molecule has 0 aliphatic carbocycles. The van der Waals surface area contributed by atoms with E-state index in [0.717, 1.165) is 18.4 Å². The Labute approximate surface area is 149 Å². The van der Waals surface area contributed by atoms with Gasteiger partial charge in [-0.15, -0.1) is 5.10 Å². The van der Waals surface area contributed by atoms with Crippen molar-refractivity contribution >= 4 is 22.5 Å². The molecule has 0 fully saturated rings. The molecular weight excluding hydrogens is 336 g/mol. The fourth-order valence-electron chi connectivity index (χ4n) is 2.54. The average Bonchev–Trinajstić information content (AvgIpc) is 3.05. The van der Waals surface area contributed by atoms with Gasteiger partial charge in [0, 0.05) is 11.6 Å². The molecule has 3 rings (SSSR count). The largest absolute Gasteiger partial charge is 0.487 e. The standard InChI is InChI=1S/C18H18N4O4/c1-2-3-10-26-18-9-8-13(11-16(18)22(24)25)17(23)12-21-15-7-5-4-6-14(15)19-20-21/h4-9,11H,2-3,10,12H2,1H3. The lowest BCUT2D eigenvalue weighted by atomic mass is 10.1. The van der Waals surface area contributed by atoms with Crippen molar-refractivity contribution in [2.75, 3.05) is 6.61 Å². The maximum Gasteiger partial charge on any atom is 0.311 e. The summed E-state index contributed by atoms with van der Waals surface area (Å²) in [7, 11) is 0. The van der Waals surface area contributed by atoms with Gasteiger partial charge in [-0.2, -0.15) is 0 Å². The first-order chi connectivity index (χ1) is 12.6. The number of nitrogens with zero attached hydrogens (tertiary/aromatic N) is 4. The van der Waals surface area contributed by atoms with E-state index in [0.29, 0.717) is 12.1 Å². The van der Waals surface area contributed by atoms with Gasteiger partial charge in [0.1, 0.15) is 12.1 Å². The minimum Gasteiger partial charge on any atom is -0.487 e. The van der Waals surface area contributed by atoms with Crippen LogP contribution in [0.3, 0.4) is 0 Å². The topological polar surface area (TPSA) is 100 Å². The van der Waals surface area contributed by atoms with Crippen LogP contribution in [0.2, 0.25) is 0 Å². The van der Waals surface area contributed by atoms with Crippen LogP contribution < -0.4 is 4.74 Å². The van der Waals surface area contributed by atoms with Gasteiger partial charge in [-0.25, -0.2) is 4.68 Å². The summed E-state index contributed by atoms with van der Waals surface area (Å²) in [6.07, 6.45) is 1.73. The maximum absolute atomic E-state index is 12.6. The lowest BCUT2D eigenvalue weighted by Gasteiger charge is -2.08. The van der Waals surface area contributed by atoms with Crippen LogP contribution >= 0.6 is 0 Å². The molecule has 1 aromatic heterocycles. The second-order valence-corrected chi connectivity index (χ2v) is 5.80. The van der Waals surface area contributed by atoms with Crippen molar-refractivity contribution in [3.05, 3.63) is 58.1 Å². The zero-order chi connectivity index (χ0) is 18.5. The highest BCUT2D eigenvalue weighted by Crippen LogP contribution is 2.28. The lowest BCUT2D eigenvalue weighted by molar-refractivity contribution is -0.385. The van der Waals surface area contributed by atoms with E-state index in [9.17, 15) is 14.9 Å². The van der Waals surface area contributed by atoms with E-state index in [1.165, 1.54) is 22.9 Å². The number of hydrogen-bond donors (Lipinski definition) is 0. The van der Waals surface area contributed by atoms with E-state index in [-0.39, 0.29) is 29.3 Å². The second kappa shape index (κ2) is 7.73. The van der Waals surface area contributed by atoms with Crippen LogP contribution in [0, 0.1) is 10.1 Å². The molecule has 0 bridgehead atoms. The Morgan fingerprint density at radius 3 is 2.85 bits per heavy atom. The number of fused-ring (bicyclic) bond motifs is 1. The number of unbranched alkanes of at least 4 members (excludes halogenated alkanes) is 1. The van der Waals surface area contributed by atoms with Crippen LogP contribution in [0.5, 0.6) is 5.75 Å². The third-order valence-corrected chi connectivity index (χ3v) is 3.95. The molecule has 3 aromatic rings. The smallest absolute Gasteiger partial charge is 0.311 e. The number of hydrogen-bond acceptors (Lipinski definition) is 6. The number of nitro groups is 1. The average molecular weight is 354 g/mol. The number of Topliss-reactive ketones (excluding diaryl/α,β-unsaturated/α-hetero) is 1. The number of para-hydroxylation sites is 1. The van der Waals surface area contributed by atoms with E-state index in [1.54, 1.807) is 6.07 Å².